The number of hydrogen-bond donors (Lipinski definition) is 2. The van der Waals surface area contributed by atoms with E-state index in [0.717, 1.165) is 50.5 Å². The van der Waals surface area contributed by atoms with Crippen LogP contribution in [-0.4, -0.2) is 28.4 Å². The molecule has 3 aliphatic rings. The van der Waals surface area contributed by atoms with E-state index in [2.05, 4.69) is 6.08 Å². The van der Waals surface area contributed by atoms with Crippen molar-refractivity contribution in [1.82, 2.24) is 0 Å². The second kappa shape index (κ2) is 8.36. The Balaban J connectivity index is 1.32. The van der Waals surface area contributed by atoms with Crippen LogP contribution in [0.4, 0.5) is 4.39 Å². The predicted molar refractivity (Wildman–Crippen MR) is 119 cm³/mol. The van der Waals surface area contributed by atoms with Crippen LogP contribution in [0.3, 0.4) is 0 Å². The summed E-state index contributed by atoms with van der Waals surface area (Å²) in [5, 5.41) is 20.4. The van der Waals surface area contributed by atoms with Crippen molar-refractivity contribution in [2.75, 3.05) is 0 Å². The number of benzene rings is 2. The Kier molecular flexibility index (Phi) is 5.54. The molecule has 32 heavy (non-hydrogen) atoms. The smallest absolute Gasteiger partial charge is 0.335 e. The van der Waals surface area contributed by atoms with Gasteiger partial charge in [0.15, 0.2) is 0 Å². The van der Waals surface area contributed by atoms with Gasteiger partial charge in [0.2, 0.25) is 0 Å². The molecule has 2 aromatic rings. The van der Waals surface area contributed by atoms with Crippen LogP contribution in [0.25, 0.3) is 0 Å². The van der Waals surface area contributed by atoms with E-state index >= 15 is 0 Å². The van der Waals surface area contributed by atoms with E-state index in [-0.39, 0.29) is 17.5 Å². The first-order valence-corrected chi connectivity index (χ1v) is 11.6. The van der Waals surface area contributed by atoms with Crippen LogP contribution < -0.4 is 4.74 Å². The zero-order valence-electron chi connectivity index (χ0n) is 18.0. The summed E-state index contributed by atoms with van der Waals surface area (Å²) < 4.78 is 20.8. The van der Waals surface area contributed by atoms with Gasteiger partial charge < -0.3 is 14.9 Å². The van der Waals surface area contributed by atoms with Crippen LogP contribution in [0.1, 0.15) is 60.0 Å². The fourth-order valence-corrected chi connectivity index (χ4v) is 5.91. The van der Waals surface area contributed by atoms with Gasteiger partial charge in [-0.3, -0.25) is 0 Å². The molecule has 0 saturated heterocycles. The molecule has 0 spiro atoms. The first-order chi connectivity index (χ1) is 15.5. The van der Waals surface area contributed by atoms with Gasteiger partial charge >= 0.3 is 5.97 Å². The number of halogens is 1. The van der Waals surface area contributed by atoms with Crippen molar-refractivity contribution in [2.24, 2.45) is 11.8 Å². The monoisotopic (exact) mass is 436 g/mol. The molecule has 0 aromatic heterocycles. The van der Waals surface area contributed by atoms with Gasteiger partial charge in [-0.15, -0.1) is 0 Å². The Morgan fingerprint density at radius 3 is 2.69 bits per heavy atom. The van der Waals surface area contributed by atoms with Gasteiger partial charge in [0.05, 0.1) is 11.7 Å². The number of aryl methyl sites for hydroxylation is 1. The van der Waals surface area contributed by atoms with Gasteiger partial charge in [-0.25, -0.2) is 9.18 Å². The normalized spacial score (nSPS) is 27.0. The van der Waals surface area contributed by atoms with Gasteiger partial charge in [0.25, 0.3) is 0 Å². The third kappa shape index (κ3) is 3.62. The van der Waals surface area contributed by atoms with Crippen LogP contribution in [0.2, 0.25) is 0 Å². The third-order valence-corrected chi connectivity index (χ3v) is 7.91. The summed E-state index contributed by atoms with van der Waals surface area (Å²) >= 11 is 0. The standard InChI is InChI=1S/C27H29FO4/c28-22-5-2-1-4-21(22)27(14-3-15-27)25(29)13-10-17-9-12-23-20(17)11-8-18-6-7-19(26(30)31)16-24(18)32-23/h1-2,4-7,10,13,16-17,20,23,25,29H,3,8-9,11-12,14-15H2,(H,30,31)/b13-10+/t17-,20-,23+,25?/m1/s1. The second-order valence-corrected chi connectivity index (χ2v) is 9.55. The number of carboxylic acid groups (broad SMARTS) is 1. The molecule has 1 aliphatic heterocycles. The summed E-state index contributed by atoms with van der Waals surface area (Å²) in [5.74, 6) is 0.120. The quantitative estimate of drug-likeness (QED) is 0.626. The first-order valence-electron chi connectivity index (χ1n) is 11.6. The van der Waals surface area contributed by atoms with Crippen molar-refractivity contribution in [3.63, 3.8) is 0 Å². The van der Waals surface area contributed by atoms with Crippen LogP contribution in [0.15, 0.2) is 54.6 Å². The Morgan fingerprint density at radius 2 is 1.97 bits per heavy atom. The molecule has 0 amide bonds. The Labute approximate surface area is 187 Å². The van der Waals surface area contributed by atoms with E-state index < -0.39 is 17.5 Å². The maximum Gasteiger partial charge on any atom is 0.335 e. The number of hydrogen-bond acceptors (Lipinski definition) is 3. The largest absolute Gasteiger partial charge is 0.490 e. The number of allylic oxidation sites excluding steroid dienone is 1. The summed E-state index contributed by atoms with van der Waals surface area (Å²) in [4.78, 5) is 11.3. The van der Waals surface area contributed by atoms with Gasteiger partial charge in [-0.05, 0) is 73.8 Å². The minimum atomic E-state index is -0.946. The average Bonchev–Trinajstić information content (AvgIpc) is 3.03. The highest BCUT2D eigenvalue weighted by molar-refractivity contribution is 5.88. The van der Waals surface area contributed by atoms with Crippen molar-refractivity contribution < 1.29 is 24.1 Å². The van der Waals surface area contributed by atoms with Crippen molar-refractivity contribution in [1.29, 1.82) is 0 Å². The van der Waals surface area contributed by atoms with E-state index in [1.54, 1.807) is 24.3 Å². The van der Waals surface area contributed by atoms with Crippen LogP contribution in [0.5, 0.6) is 5.75 Å². The van der Waals surface area contributed by atoms with Gasteiger partial charge in [-0.1, -0.05) is 42.8 Å². The van der Waals surface area contributed by atoms with Gasteiger partial charge in [0.1, 0.15) is 17.7 Å². The van der Waals surface area contributed by atoms with E-state index in [0.29, 0.717) is 23.1 Å². The van der Waals surface area contributed by atoms with Crippen molar-refractivity contribution in [2.45, 2.75) is 62.6 Å². The summed E-state index contributed by atoms with van der Waals surface area (Å²) in [6, 6.07) is 12.0. The third-order valence-electron chi connectivity index (χ3n) is 7.91. The molecule has 2 aromatic carbocycles. The molecule has 168 valence electrons. The number of carboxylic acids is 1. The summed E-state index contributed by atoms with van der Waals surface area (Å²) in [5.41, 5.74) is 1.40. The van der Waals surface area contributed by atoms with Crippen molar-refractivity contribution >= 4 is 5.97 Å². The molecule has 2 fully saturated rings. The Bertz CT molecular complexity index is 1040. The lowest BCUT2D eigenvalue weighted by Crippen LogP contribution is -2.45. The molecular weight excluding hydrogens is 407 g/mol. The zero-order chi connectivity index (χ0) is 22.3. The predicted octanol–water partition coefficient (Wildman–Crippen LogP) is 5.28. The fraction of sp³-hybridized carbons (Fsp3) is 0.444. The number of aliphatic hydroxyl groups excluding tert-OH is 1. The van der Waals surface area contributed by atoms with Gasteiger partial charge in [0, 0.05) is 11.3 Å². The zero-order valence-corrected chi connectivity index (χ0v) is 18.0. The number of fused-ring (bicyclic) bond motifs is 2. The van der Waals surface area contributed by atoms with Crippen LogP contribution >= 0.6 is 0 Å². The maximum atomic E-state index is 14.5. The van der Waals surface area contributed by atoms with Crippen LogP contribution in [-0.2, 0) is 11.8 Å². The molecule has 2 N–H and O–H groups in total. The number of aromatic carboxylic acids is 1. The molecule has 4 atom stereocenters. The first kappa shape index (κ1) is 21.2. The molecule has 1 heterocycles. The summed E-state index contributed by atoms with van der Waals surface area (Å²) in [6.07, 6.45) is 9.63. The maximum absolute atomic E-state index is 14.5. The van der Waals surface area contributed by atoms with Gasteiger partial charge in [-0.2, -0.15) is 0 Å². The number of carbonyl (C=O) groups is 1. The number of aliphatic hydroxyl groups is 1. The number of ether oxygens (including phenoxy) is 1. The minimum Gasteiger partial charge on any atom is -0.490 e. The van der Waals surface area contributed by atoms with E-state index in [1.165, 1.54) is 6.07 Å². The fourth-order valence-electron chi connectivity index (χ4n) is 5.91. The van der Waals surface area contributed by atoms with Crippen molar-refractivity contribution in [3.05, 3.63) is 77.1 Å². The Morgan fingerprint density at radius 1 is 1.16 bits per heavy atom. The SMILES string of the molecule is O=C(O)c1ccc2c(c1)O[C@H]1CC[C@H](/C=C/C(O)C3(c4ccccc4F)CCC3)[C@H]1CC2. The highest BCUT2D eigenvalue weighted by Crippen LogP contribution is 2.48. The molecule has 4 nitrogen and oxygen atoms in total. The molecule has 0 radical (unpaired) electrons. The Hall–Kier alpha value is -2.66. The van der Waals surface area contributed by atoms with Crippen molar-refractivity contribution in [3.8, 4) is 5.75 Å². The lowest BCUT2D eigenvalue weighted by atomic mass is 9.61. The molecule has 5 heteroatoms. The molecule has 0 bridgehead atoms. The topological polar surface area (TPSA) is 66.8 Å². The highest BCUT2D eigenvalue weighted by atomic mass is 19.1. The summed E-state index contributed by atoms with van der Waals surface area (Å²) in [6.45, 7) is 0. The lowest BCUT2D eigenvalue weighted by Gasteiger charge is -2.45. The highest BCUT2D eigenvalue weighted by Gasteiger charge is 2.46. The van der Waals surface area contributed by atoms with E-state index in [9.17, 15) is 19.4 Å². The van der Waals surface area contributed by atoms with E-state index in [1.807, 2.05) is 18.2 Å². The minimum absolute atomic E-state index is 0.0521. The van der Waals surface area contributed by atoms with Crippen LogP contribution in [0, 0.1) is 17.7 Å². The molecule has 5 rings (SSSR count). The van der Waals surface area contributed by atoms with E-state index in [4.69, 9.17) is 4.74 Å². The molecule has 2 aliphatic carbocycles. The molecule has 1 unspecified atom stereocenters. The average molecular weight is 437 g/mol. The lowest BCUT2D eigenvalue weighted by molar-refractivity contribution is 0.0593. The second-order valence-electron chi connectivity index (χ2n) is 9.55. The summed E-state index contributed by atoms with van der Waals surface area (Å²) in [7, 11) is 0. The molecular formula is C27H29FO4. The molecule has 2 saturated carbocycles. The number of rotatable bonds is 5.